The van der Waals surface area contributed by atoms with Crippen molar-refractivity contribution in [1.29, 1.82) is 0 Å². The molecule has 0 spiro atoms. The molecule has 2 heterocycles. The second kappa shape index (κ2) is 20.8. The first kappa shape index (κ1) is 40.8. The molecule has 1 aliphatic rings. The first-order chi connectivity index (χ1) is 20.1. The van der Waals surface area contributed by atoms with Gasteiger partial charge in [0.2, 0.25) is 5.83 Å². The predicted octanol–water partition coefficient (Wildman–Crippen LogP) is -0.111. The molecule has 3 aromatic carbocycles. The van der Waals surface area contributed by atoms with Crippen LogP contribution >= 0.6 is 15.9 Å². The summed E-state index contributed by atoms with van der Waals surface area (Å²) in [6, 6.07) is 16.0. The molecular weight excluding hydrogens is 701 g/mol. The molecule has 0 saturated carbocycles. The Hall–Kier alpha value is -1.24. The van der Waals surface area contributed by atoms with Gasteiger partial charge in [0, 0.05) is 44.7 Å². The molecule has 1 aliphatic carbocycles. The Morgan fingerprint density at radius 2 is 1.39 bits per heavy atom. The zero-order valence-corrected chi connectivity index (χ0v) is 31.2. The molecule has 15 heteroatoms. The average Bonchev–Trinajstić information content (AvgIpc) is 3.65. The number of aromatic nitrogens is 2. The minimum absolute atomic E-state index is 0. The number of fused-ring (bicyclic) bond motifs is 2. The Kier molecular flexibility index (Phi) is 19.3. The summed E-state index contributed by atoms with van der Waals surface area (Å²) in [4.78, 5) is 17.1. The van der Waals surface area contributed by atoms with Crippen LogP contribution in [0.4, 0.5) is 17.6 Å². The number of carbonyl (C=O) groups excluding carboxylic acids is 1. The number of halogens is 5. The molecular formula is C29H21BBrF4K2N2O5+. The summed E-state index contributed by atoms with van der Waals surface area (Å²) in [5.41, 5.74) is 3.25. The van der Waals surface area contributed by atoms with Crippen molar-refractivity contribution >= 4 is 51.3 Å². The Morgan fingerprint density at radius 1 is 0.841 bits per heavy atom. The van der Waals surface area contributed by atoms with Crippen LogP contribution in [0.25, 0.3) is 32.9 Å². The van der Waals surface area contributed by atoms with Gasteiger partial charge in [-0.3, -0.25) is 4.79 Å². The largest absolute Gasteiger partial charge is 1.00 e. The van der Waals surface area contributed by atoms with Crippen molar-refractivity contribution in [3.63, 3.8) is 0 Å². The van der Waals surface area contributed by atoms with Crippen LogP contribution in [0.5, 0.6) is 0 Å². The second-order valence-corrected chi connectivity index (χ2v) is 9.17. The normalized spacial score (nSPS) is 10.9. The van der Waals surface area contributed by atoms with Gasteiger partial charge < -0.3 is 31.6 Å². The molecule has 5 aromatic rings. The Morgan fingerprint density at radius 3 is 1.89 bits per heavy atom. The molecule has 0 amide bonds. The fourth-order valence-electron chi connectivity index (χ4n) is 3.60. The fraction of sp³-hybridized carbons (Fsp3) is 0. The molecule has 2 aromatic heterocycles. The van der Waals surface area contributed by atoms with Gasteiger partial charge in [-0.2, -0.15) is 0 Å². The summed E-state index contributed by atoms with van der Waals surface area (Å²) in [6.45, 7) is -0.181. The van der Waals surface area contributed by atoms with E-state index >= 15 is 0 Å². The molecule has 7 nitrogen and oxygen atoms in total. The van der Waals surface area contributed by atoms with Crippen molar-refractivity contribution in [2.24, 2.45) is 0 Å². The van der Waals surface area contributed by atoms with Crippen LogP contribution in [0, 0.1) is 23.5 Å². The molecule has 4 N–H and O–H groups in total. The number of rotatable bonds is 3. The van der Waals surface area contributed by atoms with Crippen LogP contribution in [0.3, 0.4) is 0 Å². The van der Waals surface area contributed by atoms with Gasteiger partial charge in [-0.25, -0.2) is 13.2 Å². The van der Waals surface area contributed by atoms with Crippen molar-refractivity contribution in [3.05, 3.63) is 131 Å². The van der Waals surface area contributed by atoms with Gasteiger partial charge >= 0.3 is 110 Å². The third-order valence-corrected chi connectivity index (χ3v) is 5.95. The Balaban J connectivity index is 0.000000612. The summed E-state index contributed by atoms with van der Waals surface area (Å²) in [5.74, 6) is -1.21. The minimum atomic E-state index is -1.57. The minimum Gasteiger partial charge on any atom is -1.00 e. The van der Waals surface area contributed by atoms with E-state index in [9.17, 15) is 17.6 Å². The van der Waals surface area contributed by atoms with Gasteiger partial charge in [0.25, 0.3) is 6.47 Å². The van der Waals surface area contributed by atoms with Crippen molar-refractivity contribution in [2.45, 2.75) is 0 Å². The van der Waals surface area contributed by atoms with Gasteiger partial charge in [0.05, 0.1) is 12.2 Å². The van der Waals surface area contributed by atoms with Crippen molar-refractivity contribution < 1.29 is 147 Å². The summed E-state index contributed by atoms with van der Waals surface area (Å²) in [6.07, 6.45) is 9.24. The molecule has 44 heavy (non-hydrogen) atoms. The van der Waals surface area contributed by atoms with E-state index in [1.54, 1.807) is 36.7 Å². The number of H-pyrrole nitrogens is 2. The van der Waals surface area contributed by atoms with Crippen LogP contribution in [0.1, 0.15) is 1.43 Å². The molecule has 0 aliphatic heterocycles. The summed E-state index contributed by atoms with van der Waals surface area (Å²) >= 11 is 3.21. The maximum Gasteiger partial charge on any atom is 1.00 e. The number of hydrogen-bond acceptors (Lipinski definition) is 5. The number of allylic oxidation sites excluding steroid dienone is 6. The monoisotopic (exact) mass is 721 g/mol. The van der Waals surface area contributed by atoms with Gasteiger partial charge in [0.15, 0.2) is 0 Å². The van der Waals surface area contributed by atoms with Crippen LogP contribution in [-0.2, 0) is 9.68 Å². The van der Waals surface area contributed by atoms with E-state index in [1.807, 2.05) is 12.1 Å². The summed E-state index contributed by atoms with van der Waals surface area (Å²) < 4.78 is 52.5. The molecule has 0 fully saturated rings. The van der Waals surface area contributed by atoms with E-state index in [4.69, 9.17) is 20.1 Å². The smallest absolute Gasteiger partial charge is 1.00 e. The maximum atomic E-state index is 13.8. The van der Waals surface area contributed by atoms with Crippen molar-refractivity contribution in [3.8, 4) is 11.1 Å². The van der Waals surface area contributed by atoms with Crippen LogP contribution < -0.4 is 108 Å². The topological polar surface area (TPSA) is 121 Å². The molecule has 0 saturated heterocycles. The fourth-order valence-corrected chi connectivity index (χ4v) is 4.03. The number of hydrogen-bond donors (Lipinski definition) is 4. The quantitative estimate of drug-likeness (QED) is 0.0518. The van der Waals surface area contributed by atoms with Gasteiger partial charge in [-0.1, -0.05) is 28.1 Å². The Bertz CT molecular complexity index is 1750. The zero-order chi connectivity index (χ0) is 30.6. The maximum absolute atomic E-state index is 13.8. The van der Waals surface area contributed by atoms with Crippen molar-refractivity contribution in [2.75, 3.05) is 0 Å². The van der Waals surface area contributed by atoms with E-state index < -0.39 is 12.9 Å². The van der Waals surface area contributed by atoms with Crippen LogP contribution in [0.2, 0.25) is 0 Å². The molecule has 0 radical (unpaired) electrons. The third kappa shape index (κ3) is 12.5. The summed E-state index contributed by atoms with van der Waals surface area (Å²) in [5, 5.41) is 26.7. The number of aromatic amines is 2. The number of benzene rings is 3. The van der Waals surface area contributed by atoms with Gasteiger partial charge in [-0.15, -0.1) is 4.39 Å². The van der Waals surface area contributed by atoms with E-state index in [2.05, 4.69) is 36.9 Å². The Labute approximate surface area is 344 Å². The van der Waals surface area contributed by atoms with Gasteiger partial charge in [-0.05, 0) is 59.7 Å². The first-order valence-corrected chi connectivity index (χ1v) is 12.6. The van der Waals surface area contributed by atoms with Crippen LogP contribution in [0.15, 0.2) is 107 Å². The van der Waals surface area contributed by atoms with E-state index in [0.29, 0.717) is 10.8 Å². The average molecular weight is 722 g/mol. The van der Waals surface area contributed by atoms with E-state index in [0.717, 1.165) is 38.8 Å². The predicted molar refractivity (Wildman–Crippen MR) is 153 cm³/mol. The van der Waals surface area contributed by atoms with E-state index in [1.165, 1.54) is 30.3 Å². The van der Waals surface area contributed by atoms with Crippen molar-refractivity contribution in [1.82, 2.24) is 9.97 Å². The molecule has 0 bridgehead atoms. The summed E-state index contributed by atoms with van der Waals surface area (Å²) in [7, 11) is -1.57. The standard InChI is InChI=1S/C14H9F2N.C8H5BrFN.C6H5BFO2.CH2O3.2K.H/c15-11-3-1-9(2-4-11)10-7-13(16)12-5-6-17-14(12)8-10;9-5-3-7(10)6-1-2-11-8(6)4-5;8-6-3-1-5(2-4-6)7(9)10;2-1-4-3;;;/h1-8,17H;1-4,11H;1,3-4,9-10H;1,3H;;;/q;;+1;;2*+1;-1/p-1. The SMILES string of the molecule is Fc1cc(Br)cc2[nH]ccc12.Fc1ccc(-c2cc(F)c3cc[nH]c3c2)cc1.O=CO[O-].OB(O)C1=[C+]C=C(F)C=C1.[H-].[K+].[K+]. The van der Waals surface area contributed by atoms with Gasteiger partial charge in [0.1, 0.15) is 29.0 Å². The molecule has 0 atom stereocenters. The number of carbonyl (C=O) groups is 1. The van der Waals surface area contributed by atoms with Crippen LogP contribution in [-0.4, -0.2) is 33.6 Å². The number of nitrogens with one attached hydrogen (secondary N) is 2. The second-order valence-electron chi connectivity index (χ2n) is 8.26. The zero-order valence-electron chi connectivity index (χ0n) is 24.3. The third-order valence-electron chi connectivity index (χ3n) is 5.50. The molecule has 216 valence electrons. The van der Waals surface area contributed by atoms with E-state index in [-0.39, 0.29) is 134 Å². The molecule has 6 rings (SSSR count). The first-order valence-electron chi connectivity index (χ1n) is 11.8. The molecule has 0 unspecified atom stereocenters.